The lowest BCUT2D eigenvalue weighted by Gasteiger charge is -2.32. The number of likely N-dealkylation sites (tertiary alicyclic amines) is 1. The Morgan fingerprint density at radius 2 is 1.85 bits per heavy atom. The van der Waals surface area contributed by atoms with Crippen LogP contribution >= 0.6 is 0 Å². The number of rotatable bonds is 4. The third kappa shape index (κ3) is 4.24. The highest BCUT2D eigenvalue weighted by atomic mass is 16.2. The SMILES string of the molecule is Cc1nc(N2CCN(C)CC2)ncc1C(=O)N1C[C@@H](N(C)C)[C@H](C(C)C)C1. The molecule has 27 heavy (non-hydrogen) atoms. The van der Waals surface area contributed by atoms with Crippen molar-refractivity contribution in [3.8, 4) is 0 Å². The van der Waals surface area contributed by atoms with Crippen LogP contribution in [0.15, 0.2) is 6.20 Å². The summed E-state index contributed by atoms with van der Waals surface area (Å²) in [7, 11) is 6.34. The van der Waals surface area contributed by atoms with Gasteiger partial charge in [-0.1, -0.05) is 13.8 Å². The van der Waals surface area contributed by atoms with Gasteiger partial charge in [0.15, 0.2) is 0 Å². The molecule has 7 heteroatoms. The number of carbonyl (C=O) groups excluding carboxylic acids is 1. The van der Waals surface area contributed by atoms with Gasteiger partial charge in [-0.2, -0.15) is 0 Å². The second-order valence-electron chi connectivity index (χ2n) is 8.61. The van der Waals surface area contributed by atoms with Gasteiger partial charge in [0.05, 0.1) is 11.3 Å². The van der Waals surface area contributed by atoms with E-state index in [-0.39, 0.29) is 5.91 Å². The van der Waals surface area contributed by atoms with Crippen molar-refractivity contribution in [2.75, 3.05) is 65.3 Å². The summed E-state index contributed by atoms with van der Waals surface area (Å²) in [5.41, 5.74) is 1.41. The summed E-state index contributed by atoms with van der Waals surface area (Å²) in [6.45, 7) is 11.9. The third-order valence-electron chi connectivity index (χ3n) is 6.12. The molecule has 0 saturated carbocycles. The number of aromatic nitrogens is 2. The van der Waals surface area contributed by atoms with E-state index in [4.69, 9.17) is 0 Å². The first-order valence-electron chi connectivity index (χ1n) is 10.0. The van der Waals surface area contributed by atoms with Gasteiger partial charge in [-0.15, -0.1) is 0 Å². The summed E-state index contributed by atoms with van der Waals surface area (Å²) < 4.78 is 0. The highest BCUT2D eigenvalue weighted by Crippen LogP contribution is 2.28. The van der Waals surface area contributed by atoms with Crippen molar-refractivity contribution < 1.29 is 4.79 Å². The predicted octanol–water partition coefficient (Wildman–Crippen LogP) is 1.20. The highest BCUT2D eigenvalue weighted by Gasteiger charge is 2.38. The fourth-order valence-corrected chi connectivity index (χ4v) is 4.17. The normalized spacial score (nSPS) is 24.3. The smallest absolute Gasteiger partial charge is 0.257 e. The quantitative estimate of drug-likeness (QED) is 0.789. The van der Waals surface area contributed by atoms with E-state index in [0.717, 1.165) is 50.9 Å². The van der Waals surface area contributed by atoms with Crippen molar-refractivity contribution in [1.29, 1.82) is 0 Å². The molecule has 3 rings (SSSR count). The Labute approximate surface area is 163 Å². The molecule has 3 heterocycles. The summed E-state index contributed by atoms with van der Waals surface area (Å²) in [5.74, 6) is 1.85. The molecule has 0 aromatic carbocycles. The molecular formula is C20H34N6O. The lowest BCUT2D eigenvalue weighted by molar-refractivity contribution is 0.0778. The average molecular weight is 375 g/mol. The van der Waals surface area contributed by atoms with E-state index in [9.17, 15) is 4.79 Å². The van der Waals surface area contributed by atoms with Gasteiger partial charge in [-0.3, -0.25) is 4.79 Å². The zero-order valence-corrected chi connectivity index (χ0v) is 17.6. The Kier molecular flexibility index (Phi) is 6.01. The van der Waals surface area contributed by atoms with Crippen molar-refractivity contribution in [2.45, 2.75) is 26.8 Å². The fraction of sp³-hybridized carbons (Fsp3) is 0.750. The molecule has 2 fully saturated rings. The van der Waals surface area contributed by atoms with E-state index in [1.165, 1.54) is 0 Å². The van der Waals surface area contributed by atoms with Crippen molar-refractivity contribution >= 4 is 11.9 Å². The molecule has 1 aromatic rings. The van der Waals surface area contributed by atoms with E-state index in [1.54, 1.807) is 6.20 Å². The minimum absolute atomic E-state index is 0.0624. The van der Waals surface area contributed by atoms with Gasteiger partial charge in [-0.25, -0.2) is 9.97 Å². The average Bonchev–Trinajstić information content (AvgIpc) is 3.08. The van der Waals surface area contributed by atoms with Crippen LogP contribution < -0.4 is 4.90 Å². The summed E-state index contributed by atoms with van der Waals surface area (Å²) in [4.78, 5) is 31.1. The molecule has 0 aliphatic carbocycles. The highest BCUT2D eigenvalue weighted by molar-refractivity contribution is 5.95. The minimum Gasteiger partial charge on any atom is -0.338 e. The van der Waals surface area contributed by atoms with E-state index in [2.05, 4.69) is 59.7 Å². The van der Waals surface area contributed by atoms with Crippen LogP contribution in [0.5, 0.6) is 0 Å². The second-order valence-corrected chi connectivity index (χ2v) is 8.61. The maximum Gasteiger partial charge on any atom is 0.257 e. The zero-order valence-electron chi connectivity index (χ0n) is 17.6. The summed E-state index contributed by atoms with van der Waals surface area (Å²) in [6.07, 6.45) is 1.73. The van der Waals surface area contributed by atoms with Gasteiger partial charge in [0.1, 0.15) is 0 Å². The number of hydrogen-bond acceptors (Lipinski definition) is 6. The standard InChI is InChI=1S/C20H34N6O/c1-14(2)17-12-26(13-18(17)23(4)5)19(27)16-11-21-20(22-15(16)3)25-9-7-24(6)8-10-25/h11,14,17-18H,7-10,12-13H2,1-6H3/t17-,18+/m0/s1. The van der Waals surface area contributed by atoms with Gasteiger partial charge in [0, 0.05) is 51.5 Å². The Hall–Kier alpha value is -1.73. The van der Waals surface area contributed by atoms with Crippen LogP contribution in [0.25, 0.3) is 0 Å². The molecular weight excluding hydrogens is 340 g/mol. The monoisotopic (exact) mass is 374 g/mol. The number of nitrogens with zero attached hydrogens (tertiary/aromatic N) is 6. The van der Waals surface area contributed by atoms with Gasteiger partial charge in [0.25, 0.3) is 5.91 Å². The van der Waals surface area contributed by atoms with Crippen LogP contribution in [0, 0.1) is 18.8 Å². The van der Waals surface area contributed by atoms with Crippen molar-refractivity contribution in [3.63, 3.8) is 0 Å². The molecule has 1 amide bonds. The van der Waals surface area contributed by atoms with Crippen LogP contribution in [0.4, 0.5) is 5.95 Å². The van der Waals surface area contributed by atoms with E-state index >= 15 is 0 Å². The lowest BCUT2D eigenvalue weighted by atomic mass is 9.91. The molecule has 2 atom stereocenters. The molecule has 0 unspecified atom stereocenters. The van der Waals surface area contributed by atoms with Crippen LogP contribution in [0.1, 0.15) is 29.9 Å². The predicted molar refractivity (Wildman–Crippen MR) is 108 cm³/mol. The largest absolute Gasteiger partial charge is 0.338 e. The maximum absolute atomic E-state index is 13.1. The summed E-state index contributed by atoms with van der Waals surface area (Å²) >= 11 is 0. The maximum atomic E-state index is 13.1. The van der Waals surface area contributed by atoms with Gasteiger partial charge < -0.3 is 19.6 Å². The van der Waals surface area contributed by atoms with E-state index in [1.807, 2.05) is 11.8 Å². The van der Waals surface area contributed by atoms with Crippen LogP contribution in [-0.2, 0) is 0 Å². The van der Waals surface area contributed by atoms with Gasteiger partial charge in [-0.05, 0) is 39.9 Å². The van der Waals surface area contributed by atoms with Crippen molar-refractivity contribution in [2.24, 2.45) is 11.8 Å². The number of carbonyl (C=O) groups is 1. The first kappa shape index (κ1) is 20.0. The topological polar surface area (TPSA) is 55.8 Å². The lowest BCUT2D eigenvalue weighted by Crippen LogP contribution is -2.45. The molecule has 0 radical (unpaired) electrons. The molecule has 2 saturated heterocycles. The Morgan fingerprint density at radius 1 is 1.19 bits per heavy atom. The number of amides is 1. The molecule has 0 N–H and O–H groups in total. The zero-order chi connectivity index (χ0) is 19.7. The van der Waals surface area contributed by atoms with Crippen LogP contribution in [0.3, 0.4) is 0 Å². The molecule has 2 aliphatic heterocycles. The Bertz CT molecular complexity index is 652. The molecule has 0 bridgehead atoms. The number of anilines is 1. The van der Waals surface area contributed by atoms with Crippen molar-refractivity contribution in [3.05, 3.63) is 17.5 Å². The molecule has 1 aromatic heterocycles. The van der Waals surface area contributed by atoms with Crippen molar-refractivity contribution in [1.82, 2.24) is 24.7 Å². The van der Waals surface area contributed by atoms with E-state index < -0.39 is 0 Å². The first-order chi connectivity index (χ1) is 12.8. The first-order valence-corrected chi connectivity index (χ1v) is 10.0. The molecule has 150 valence electrons. The second kappa shape index (κ2) is 8.10. The summed E-state index contributed by atoms with van der Waals surface area (Å²) in [6, 6.07) is 0.403. The van der Waals surface area contributed by atoms with Crippen LogP contribution in [-0.4, -0.2) is 97.0 Å². The number of aryl methyl sites for hydroxylation is 1. The molecule has 7 nitrogen and oxygen atoms in total. The summed E-state index contributed by atoms with van der Waals surface area (Å²) in [5, 5.41) is 0. The number of hydrogen-bond donors (Lipinski definition) is 0. The molecule has 2 aliphatic rings. The Balaban J connectivity index is 1.73. The number of piperazine rings is 1. The fourth-order valence-electron chi connectivity index (χ4n) is 4.17. The molecule has 0 spiro atoms. The Morgan fingerprint density at radius 3 is 2.37 bits per heavy atom. The number of likely N-dealkylation sites (N-methyl/N-ethyl adjacent to an activating group) is 2. The van der Waals surface area contributed by atoms with Gasteiger partial charge in [0.2, 0.25) is 5.95 Å². The van der Waals surface area contributed by atoms with Gasteiger partial charge >= 0.3 is 0 Å². The minimum atomic E-state index is 0.0624. The van der Waals surface area contributed by atoms with E-state index in [0.29, 0.717) is 23.4 Å². The third-order valence-corrected chi connectivity index (χ3v) is 6.12. The van der Waals surface area contributed by atoms with Crippen LogP contribution in [0.2, 0.25) is 0 Å².